The quantitative estimate of drug-likeness (QED) is 0.552. The Morgan fingerprint density at radius 1 is 0.857 bits per heavy atom. The van der Waals surface area contributed by atoms with E-state index in [-0.39, 0.29) is 0 Å². The Labute approximate surface area is 134 Å². The summed E-state index contributed by atoms with van der Waals surface area (Å²) in [6.07, 6.45) is 0. The second kappa shape index (κ2) is 6.38. The molecule has 0 aliphatic heterocycles. The summed E-state index contributed by atoms with van der Waals surface area (Å²) in [5.74, 6) is 1.16. The first-order valence-corrected chi connectivity index (χ1v) is 7.63. The van der Waals surface area contributed by atoms with Crippen LogP contribution in [-0.4, -0.2) is 0 Å². The topological polar surface area (TPSA) is 9.23 Å². The Morgan fingerprint density at radius 2 is 1.67 bits per heavy atom. The van der Waals surface area contributed by atoms with Crippen LogP contribution in [0, 0.1) is 0 Å². The van der Waals surface area contributed by atoms with E-state index >= 15 is 0 Å². The van der Waals surface area contributed by atoms with Gasteiger partial charge in [-0.3, -0.25) is 0 Å². The van der Waals surface area contributed by atoms with Crippen molar-refractivity contribution in [3.63, 3.8) is 0 Å². The molecular formula is C18H14Cl2O. The van der Waals surface area contributed by atoms with Crippen LogP contribution in [-0.2, 0) is 12.5 Å². The van der Waals surface area contributed by atoms with E-state index in [1.54, 1.807) is 0 Å². The predicted molar refractivity (Wildman–Crippen MR) is 89.3 cm³/mol. The first kappa shape index (κ1) is 14.2. The Morgan fingerprint density at radius 3 is 2.52 bits per heavy atom. The van der Waals surface area contributed by atoms with Crippen molar-refractivity contribution in [3.8, 4) is 5.75 Å². The molecule has 3 heteroatoms. The third-order valence-electron chi connectivity index (χ3n) is 3.43. The molecule has 0 heterocycles. The molecule has 3 aromatic rings. The second-order valence-corrected chi connectivity index (χ2v) is 5.52. The molecule has 0 bridgehead atoms. The molecule has 0 spiro atoms. The van der Waals surface area contributed by atoms with Gasteiger partial charge in [0.05, 0.1) is 5.88 Å². The summed E-state index contributed by atoms with van der Waals surface area (Å²) in [5.41, 5.74) is 2.06. The van der Waals surface area contributed by atoms with E-state index < -0.39 is 0 Å². The molecule has 0 N–H and O–H groups in total. The number of ether oxygens (including phenoxy) is 1. The predicted octanol–water partition coefficient (Wildman–Crippen LogP) is 5.81. The van der Waals surface area contributed by atoms with Gasteiger partial charge in [-0.25, -0.2) is 0 Å². The number of hydrogen-bond acceptors (Lipinski definition) is 1. The normalized spacial score (nSPS) is 10.8. The number of fused-ring (bicyclic) bond motifs is 1. The van der Waals surface area contributed by atoms with Crippen molar-refractivity contribution < 1.29 is 4.74 Å². The molecule has 0 aliphatic rings. The summed E-state index contributed by atoms with van der Waals surface area (Å²) >= 11 is 11.9. The van der Waals surface area contributed by atoms with Crippen molar-refractivity contribution in [2.45, 2.75) is 12.5 Å². The highest BCUT2D eigenvalue weighted by Gasteiger charge is 2.06. The maximum Gasteiger partial charge on any atom is 0.124 e. The zero-order valence-electron chi connectivity index (χ0n) is 11.4. The van der Waals surface area contributed by atoms with Crippen molar-refractivity contribution >= 4 is 34.0 Å². The van der Waals surface area contributed by atoms with Crippen LogP contribution in [0.5, 0.6) is 5.75 Å². The van der Waals surface area contributed by atoms with Gasteiger partial charge in [0, 0.05) is 10.6 Å². The van der Waals surface area contributed by atoms with E-state index in [1.807, 2.05) is 36.4 Å². The highest BCUT2D eigenvalue weighted by Crippen LogP contribution is 2.26. The summed E-state index contributed by atoms with van der Waals surface area (Å²) in [5, 5.41) is 3.09. The Bertz CT molecular complexity index is 763. The molecule has 0 saturated carbocycles. The van der Waals surface area contributed by atoms with Crippen LogP contribution >= 0.6 is 23.2 Å². The Balaban J connectivity index is 1.87. The molecule has 3 rings (SSSR count). The molecule has 0 unspecified atom stereocenters. The summed E-state index contributed by atoms with van der Waals surface area (Å²) in [7, 11) is 0. The third kappa shape index (κ3) is 3.15. The number of benzene rings is 3. The molecule has 0 aromatic heterocycles. The summed E-state index contributed by atoms with van der Waals surface area (Å²) in [6.45, 7) is 0.507. The van der Waals surface area contributed by atoms with Gasteiger partial charge in [0.2, 0.25) is 0 Å². The lowest BCUT2D eigenvalue weighted by molar-refractivity contribution is 0.305. The van der Waals surface area contributed by atoms with Crippen LogP contribution < -0.4 is 4.74 Å². The number of halogens is 2. The minimum Gasteiger partial charge on any atom is -0.489 e. The van der Waals surface area contributed by atoms with E-state index in [0.717, 1.165) is 16.9 Å². The first-order valence-electron chi connectivity index (χ1n) is 6.72. The van der Waals surface area contributed by atoms with Gasteiger partial charge in [-0.15, -0.1) is 11.6 Å². The van der Waals surface area contributed by atoms with Gasteiger partial charge < -0.3 is 4.74 Å². The SMILES string of the molecule is ClCc1cc(Cl)ccc1OCc1cccc2ccccc12. The lowest BCUT2D eigenvalue weighted by Crippen LogP contribution is -1.98. The van der Waals surface area contributed by atoms with Gasteiger partial charge >= 0.3 is 0 Å². The summed E-state index contributed by atoms with van der Waals surface area (Å²) in [4.78, 5) is 0. The largest absolute Gasteiger partial charge is 0.489 e. The fraction of sp³-hybridized carbons (Fsp3) is 0.111. The van der Waals surface area contributed by atoms with Crippen molar-refractivity contribution in [1.29, 1.82) is 0 Å². The van der Waals surface area contributed by atoms with Crippen LogP contribution in [0.3, 0.4) is 0 Å². The Kier molecular flexibility index (Phi) is 4.33. The van der Waals surface area contributed by atoms with Crippen LogP contribution in [0.15, 0.2) is 60.7 Å². The average Bonchev–Trinajstić information content (AvgIpc) is 2.53. The third-order valence-corrected chi connectivity index (χ3v) is 3.95. The zero-order valence-corrected chi connectivity index (χ0v) is 12.9. The second-order valence-electron chi connectivity index (χ2n) is 4.81. The minimum atomic E-state index is 0.380. The van der Waals surface area contributed by atoms with Crippen LogP contribution in [0.1, 0.15) is 11.1 Å². The molecular weight excluding hydrogens is 303 g/mol. The number of alkyl halides is 1. The van der Waals surface area contributed by atoms with Gasteiger partial charge in [0.15, 0.2) is 0 Å². The van der Waals surface area contributed by atoms with Gasteiger partial charge in [0.25, 0.3) is 0 Å². The van der Waals surface area contributed by atoms with E-state index in [9.17, 15) is 0 Å². The van der Waals surface area contributed by atoms with Crippen molar-refractivity contribution in [2.24, 2.45) is 0 Å². The standard InChI is InChI=1S/C18H14Cl2O/c19-11-15-10-16(20)8-9-18(15)21-12-14-6-3-5-13-4-1-2-7-17(13)14/h1-10H,11-12H2. The van der Waals surface area contributed by atoms with Crippen LogP contribution in [0.4, 0.5) is 0 Å². The highest BCUT2D eigenvalue weighted by atomic mass is 35.5. The molecule has 1 nitrogen and oxygen atoms in total. The molecule has 106 valence electrons. The summed E-state index contributed by atoms with van der Waals surface area (Å²) < 4.78 is 5.93. The van der Waals surface area contributed by atoms with Crippen molar-refractivity contribution in [2.75, 3.05) is 0 Å². The average molecular weight is 317 g/mol. The zero-order chi connectivity index (χ0) is 14.7. The lowest BCUT2D eigenvalue weighted by atomic mass is 10.1. The van der Waals surface area contributed by atoms with Crippen LogP contribution in [0.25, 0.3) is 10.8 Å². The van der Waals surface area contributed by atoms with Crippen LogP contribution in [0.2, 0.25) is 5.02 Å². The molecule has 0 saturated heterocycles. The number of hydrogen-bond donors (Lipinski definition) is 0. The molecule has 0 fully saturated rings. The maximum atomic E-state index is 5.98. The molecule has 0 aliphatic carbocycles. The van der Waals surface area contributed by atoms with Gasteiger partial charge in [-0.1, -0.05) is 54.1 Å². The lowest BCUT2D eigenvalue weighted by Gasteiger charge is -2.12. The van der Waals surface area contributed by atoms with Crippen molar-refractivity contribution in [3.05, 3.63) is 76.8 Å². The number of rotatable bonds is 4. The fourth-order valence-electron chi connectivity index (χ4n) is 2.37. The molecule has 3 aromatic carbocycles. The van der Waals surface area contributed by atoms with Gasteiger partial charge in [0.1, 0.15) is 12.4 Å². The highest BCUT2D eigenvalue weighted by molar-refractivity contribution is 6.30. The Hall–Kier alpha value is -1.70. The van der Waals surface area contributed by atoms with Gasteiger partial charge in [-0.2, -0.15) is 0 Å². The smallest absolute Gasteiger partial charge is 0.124 e. The van der Waals surface area contributed by atoms with E-state index in [0.29, 0.717) is 17.5 Å². The van der Waals surface area contributed by atoms with E-state index in [2.05, 4.69) is 24.3 Å². The first-order chi connectivity index (χ1) is 10.3. The summed E-state index contributed by atoms with van der Waals surface area (Å²) in [6, 6.07) is 20.0. The maximum absolute atomic E-state index is 5.98. The van der Waals surface area contributed by atoms with E-state index in [4.69, 9.17) is 27.9 Å². The monoisotopic (exact) mass is 316 g/mol. The molecule has 0 amide bonds. The van der Waals surface area contributed by atoms with Gasteiger partial charge in [-0.05, 0) is 34.5 Å². The molecule has 21 heavy (non-hydrogen) atoms. The van der Waals surface area contributed by atoms with Crippen molar-refractivity contribution in [1.82, 2.24) is 0 Å². The van der Waals surface area contributed by atoms with E-state index in [1.165, 1.54) is 10.8 Å². The molecule has 0 atom stereocenters. The molecule has 0 radical (unpaired) electrons. The fourth-order valence-corrected chi connectivity index (χ4v) is 2.77. The minimum absolute atomic E-state index is 0.380.